The molecule has 0 radical (unpaired) electrons. The molecule has 20 heavy (non-hydrogen) atoms. The maximum absolute atomic E-state index is 12.2. The van der Waals surface area contributed by atoms with E-state index in [0.717, 1.165) is 0 Å². The van der Waals surface area contributed by atoms with Gasteiger partial charge in [-0.3, -0.25) is 9.78 Å². The van der Waals surface area contributed by atoms with E-state index in [9.17, 15) is 13.2 Å². The van der Waals surface area contributed by atoms with E-state index < -0.39 is 9.84 Å². The Labute approximate surface area is 122 Å². The molecule has 8 heteroatoms. The second-order valence-electron chi connectivity index (χ2n) is 4.77. The average molecular weight is 313 g/mol. The summed E-state index contributed by atoms with van der Waals surface area (Å²) in [7, 11) is -1.43. The summed E-state index contributed by atoms with van der Waals surface area (Å²) in [6, 6.07) is 2.88. The van der Waals surface area contributed by atoms with Crippen LogP contribution in [0.25, 0.3) is 0 Å². The molecule has 1 unspecified atom stereocenters. The number of aromatic nitrogens is 1. The lowest BCUT2D eigenvalue weighted by atomic mass is 10.2. The number of pyridine rings is 1. The molecule has 0 aliphatic carbocycles. The molecule has 1 aromatic rings. The molecule has 1 aromatic heterocycles. The van der Waals surface area contributed by atoms with Gasteiger partial charge in [-0.15, -0.1) is 0 Å². The maximum Gasteiger partial charge on any atom is 0.272 e. The van der Waals surface area contributed by atoms with Crippen LogP contribution in [0.3, 0.4) is 0 Å². The fraction of sp³-hybridized carbons (Fsp3) is 0.417. The third kappa shape index (κ3) is 3.13. The molecule has 2 rings (SSSR count). The third-order valence-corrected chi connectivity index (χ3v) is 5.33. The van der Waals surface area contributed by atoms with E-state index in [0.29, 0.717) is 12.0 Å². The van der Waals surface area contributed by atoms with Crippen LogP contribution in [0.5, 0.6) is 0 Å². The highest BCUT2D eigenvalue weighted by Gasteiger charge is 2.33. The van der Waals surface area contributed by atoms with Crippen molar-refractivity contribution in [1.82, 2.24) is 9.88 Å². The molecule has 1 aliphatic rings. The van der Waals surface area contributed by atoms with Crippen molar-refractivity contribution >= 4 is 33.0 Å². The number of amides is 1. The number of sulfone groups is 1. The van der Waals surface area contributed by atoms with Crippen LogP contribution in [-0.2, 0) is 9.84 Å². The molecule has 108 valence electrons. The number of hydrogen-bond donors (Lipinski definition) is 1. The van der Waals surface area contributed by atoms with Gasteiger partial charge in [0.2, 0.25) is 0 Å². The summed E-state index contributed by atoms with van der Waals surface area (Å²) in [6.07, 6.45) is 1.91. The normalized spacial score (nSPS) is 20.6. The highest BCUT2D eigenvalue weighted by molar-refractivity contribution is 7.91. The lowest BCUT2D eigenvalue weighted by molar-refractivity contribution is 0.0742. The van der Waals surface area contributed by atoms with Crippen molar-refractivity contribution in [2.75, 3.05) is 18.6 Å². The SMILES string of the molecule is CN(C(=O)c1ccc(C(N)=S)cn1)C1CCS(=O)(=O)C1. The van der Waals surface area contributed by atoms with Crippen LogP contribution in [0, 0.1) is 0 Å². The minimum atomic E-state index is -3.02. The predicted molar refractivity (Wildman–Crippen MR) is 79.3 cm³/mol. The third-order valence-electron chi connectivity index (χ3n) is 3.34. The summed E-state index contributed by atoms with van der Waals surface area (Å²) in [5.74, 6) is -0.162. The molecule has 2 N–H and O–H groups in total. The van der Waals surface area contributed by atoms with Gasteiger partial charge in [0.25, 0.3) is 5.91 Å². The number of carbonyl (C=O) groups excluding carboxylic acids is 1. The zero-order valence-electron chi connectivity index (χ0n) is 10.9. The Hall–Kier alpha value is -1.54. The second-order valence-corrected chi connectivity index (χ2v) is 7.44. The van der Waals surface area contributed by atoms with Crippen molar-refractivity contribution in [1.29, 1.82) is 0 Å². The van der Waals surface area contributed by atoms with E-state index in [1.165, 1.54) is 17.2 Å². The molecule has 1 fully saturated rings. The van der Waals surface area contributed by atoms with Crippen molar-refractivity contribution in [3.63, 3.8) is 0 Å². The Morgan fingerprint density at radius 2 is 2.20 bits per heavy atom. The standard InChI is InChI=1S/C12H15N3O3S2/c1-15(9-4-5-20(17,18)7-9)12(16)10-3-2-8(6-14-10)11(13)19/h2-3,6,9H,4-5,7H2,1H3,(H2,13,19). The predicted octanol–water partition coefficient (Wildman–Crippen LogP) is -0.0251. The summed E-state index contributed by atoms with van der Waals surface area (Å²) in [5.41, 5.74) is 6.29. The molecule has 0 spiro atoms. The van der Waals surface area contributed by atoms with Gasteiger partial charge in [-0.05, 0) is 18.6 Å². The van der Waals surface area contributed by atoms with Crippen LogP contribution in [0.2, 0.25) is 0 Å². The Kier molecular flexibility index (Phi) is 4.05. The van der Waals surface area contributed by atoms with E-state index in [2.05, 4.69) is 4.98 Å². The van der Waals surface area contributed by atoms with Crippen molar-refractivity contribution < 1.29 is 13.2 Å². The van der Waals surface area contributed by atoms with E-state index in [1.54, 1.807) is 13.1 Å². The van der Waals surface area contributed by atoms with Gasteiger partial charge in [-0.1, -0.05) is 12.2 Å². The van der Waals surface area contributed by atoms with Gasteiger partial charge in [-0.25, -0.2) is 8.42 Å². The van der Waals surface area contributed by atoms with Gasteiger partial charge in [0.05, 0.1) is 11.5 Å². The number of nitrogens with zero attached hydrogens (tertiary/aromatic N) is 2. The lowest BCUT2D eigenvalue weighted by Crippen LogP contribution is -2.38. The largest absolute Gasteiger partial charge is 0.389 e. The summed E-state index contributed by atoms with van der Waals surface area (Å²) in [5, 5.41) is 0. The summed E-state index contributed by atoms with van der Waals surface area (Å²) >= 11 is 4.81. The lowest BCUT2D eigenvalue weighted by Gasteiger charge is -2.22. The van der Waals surface area contributed by atoms with Crippen LogP contribution >= 0.6 is 12.2 Å². The zero-order valence-corrected chi connectivity index (χ0v) is 12.6. The first-order valence-corrected chi connectivity index (χ1v) is 8.26. The first-order chi connectivity index (χ1) is 9.30. The Morgan fingerprint density at radius 3 is 2.65 bits per heavy atom. The topological polar surface area (TPSA) is 93.4 Å². The van der Waals surface area contributed by atoms with E-state index in [1.807, 2.05) is 0 Å². The van der Waals surface area contributed by atoms with Crippen molar-refractivity contribution in [2.24, 2.45) is 5.73 Å². The van der Waals surface area contributed by atoms with Crippen LogP contribution in [0.15, 0.2) is 18.3 Å². The quantitative estimate of drug-likeness (QED) is 0.788. The number of carbonyl (C=O) groups is 1. The van der Waals surface area contributed by atoms with Crippen molar-refractivity contribution in [2.45, 2.75) is 12.5 Å². The Bertz CT molecular complexity index is 640. The van der Waals surface area contributed by atoms with Gasteiger partial charge in [0.15, 0.2) is 9.84 Å². The molecule has 1 atom stereocenters. The zero-order chi connectivity index (χ0) is 14.9. The average Bonchev–Trinajstić information content (AvgIpc) is 2.77. The van der Waals surface area contributed by atoms with Crippen molar-refractivity contribution in [3.8, 4) is 0 Å². The molecule has 1 aliphatic heterocycles. The summed E-state index contributed by atoms with van der Waals surface area (Å²) < 4.78 is 22.9. The first kappa shape index (κ1) is 14.9. The van der Waals surface area contributed by atoms with Gasteiger partial charge in [0, 0.05) is 24.8 Å². The van der Waals surface area contributed by atoms with E-state index in [4.69, 9.17) is 18.0 Å². The fourth-order valence-electron chi connectivity index (χ4n) is 2.09. The van der Waals surface area contributed by atoms with E-state index in [-0.39, 0.29) is 34.1 Å². The van der Waals surface area contributed by atoms with Crippen LogP contribution in [0.1, 0.15) is 22.5 Å². The Balaban J connectivity index is 2.13. The first-order valence-electron chi connectivity index (χ1n) is 6.03. The van der Waals surface area contributed by atoms with Crippen LogP contribution in [-0.4, -0.2) is 53.8 Å². The highest BCUT2D eigenvalue weighted by atomic mass is 32.2. The molecule has 1 amide bonds. The molecule has 0 aromatic carbocycles. The number of rotatable bonds is 3. The fourth-order valence-corrected chi connectivity index (χ4v) is 3.99. The highest BCUT2D eigenvalue weighted by Crippen LogP contribution is 2.18. The van der Waals surface area contributed by atoms with Crippen molar-refractivity contribution in [3.05, 3.63) is 29.6 Å². The van der Waals surface area contributed by atoms with Gasteiger partial charge >= 0.3 is 0 Å². The van der Waals surface area contributed by atoms with E-state index >= 15 is 0 Å². The maximum atomic E-state index is 12.2. The minimum Gasteiger partial charge on any atom is -0.389 e. The number of thiocarbonyl (C=S) groups is 1. The van der Waals surface area contributed by atoms with Crippen LogP contribution < -0.4 is 5.73 Å². The molecule has 6 nitrogen and oxygen atoms in total. The number of nitrogens with two attached hydrogens (primary N) is 1. The molecule has 0 saturated carbocycles. The molecular weight excluding hydrogens is 298 g/mol. The summed E-state index contributed by atoms with van der Waals surface area (Å²) in [6.45, 7) is 0. The molecule has 2 heterocycles. The van der Waals surface area contributed by atoms with Gasteiger partial charge < -0.3 is 10.6 Å². The summed E-state index contributed by atoms with van der Waals surface area (Å²) in [4.78, 5) is 17.9. The molecule has 1 saturated heterocycles. The second kappa shape index (κ2) is 5.45. The monoisotopic (exact) mass is 313 g/mol. The van der Waals surface area contributed by atoms with Crippen LogP contribution in [0.4, 0.5) is 0 Å². The molecular formula is C12H15N3O3S2. The Morgan fingerprint density at radius 1 is 1.50 bits per heavy atom. The molecule has 0 bridgehead atoms. The van der Waals surface area contributed by atoms with Gasteiger partial charge in [-0.2, -0.15) is 0 Å². The minimum absolute atomic E-state index is 0.0141. The number of hydrogen-bond acceptors (Lipinski definition) is 5. The smallest absolute Gasteiger partial charge is 0.272 e. The van der Waals surface area contributed by atoms with Gasteiger partial charge in [0.1, 0.15) is 10.7 Å².